The Bertz CT molecular complexity index is 814. The molecule has 162 valence electrons. The fourth-order valence-corrected chi connectivity index (χ4v) is 4.73. The second kappa shape index (κ2) is 13.8. The van der Waals surface area contributed by atoms with E-state index < -0.39 is 10.0 Å². The van der Waals surface area contributed by atoms with Gasteiger partial charge >= 0.3 is 0 Å². The maximum Gasteiger partial charge on any atom is 0.250 e. The summed E-state index contributed by atoms with van der Waals surface area (Å²) in [4.78, 5) is 6.50. The van der Waals surface area contributed by atoms with E-state index >= 15 is 0 Å². The maximum atomic E-state index is 12.0. The summed E-state index contributed by atoms with van der Waals surface area (Å²) in [5, 5.41) is 8.13. The van der Waals surface area contributed by atoms with Crippen LogP contribution in [-0.2, 0) is 10.0 Å². The van der Waals surface area contributed by atoms with Gasteiger partial charge in [0.15, 0.2) is 5.96 Å². The summed E-state index contributed by atoms with van der Waals surface area (Å²) < 4.78 is 27.0. The van der Waals surface area contributed by atoms with Crippen molar-refractivity contribution in [3.8, 4) is 0 Å². The van der Waals surface area contributed by atoms with E-state index in [-0.39, 0.29) is 24.0 Å². The second-order valence-electron chi connectivity index (χ2n) is 6.02. The Labute approximate surface area is 195 Å². The first-order chi connectivity index (χ1) is 13.6. The number of guanidine groups is 1. The molecule has 0 aliphatic rings. The molecule has 10 heteroatoms. The normalized spacial score (nSPS) is 11.6. The Morgan fingerprint density at radius 3 is 2.41 bits per heavy atom. The number of hydrogen-bond donors (Lipinski definition) is 3. The van der Waals surface area contributed by atoms with Crippen LogP contribution >= 0.6 is 35.3 Å². The first-order valence-electron chi connectivity index (χ1n) is 9.34. The van der Waals surface area contributed by atoms with Crippen LogP contribution in [0, 0.1) is 0 Å². The molecule has 0 spiro atoms. The molecule has 0 aliphatic heterocycles. The minimum atomic E-state index is -3.42. The monoisotopic (exact) mass is 551 g/mol. The lowest BCUT2D eigenvalue weighted by atomic mass is 10.2. The predicted octanol–water partition coefficient (Wildman–Crippen LogP) is 2.73. The van der Waals surface area contributed by atoms with Crippen LogP contribution in [0.2, 0.25) is 0 Å². The van der Waals surface area contributed by atoms with Gasteiger partial charge in [0.2, 0.25) is 10.0 Å². The number of para-hydroxylation sites is 1. The molecule has 1 heterocycles. The summed E-state index contributed by atoms with van der Waals surface area (Å²) in [5.41, 5.74) is 1.23. The van der Waals surface area contributed by atoms with E-state index in [1.165, 1.54) is 17.0 Å². The van der Waals surface area contributed by atoms with Crippen LogP contribution in [-0.4, -0.2) is 54.1 Å². The topological polar surface area (TPSA) is 85.8 Å². The average molecular weight is 552 g/mol. The van der Waals surface area contributed by atoms with E-state index in [4.69, 9.17) is 0 Å². The zero-order valence-electron chi connectivity index (χ0n) is 16.8. The fourth-order valence-electron chi connectivity index (χ4n) is 2.66. The van der Waals surface area contributed by atoms with Crippen LogP contribution in [0.5, 0.6) is 0 Å². The molecule has 2 rings (SSSR count). The zero-order chi connectivity index (χ0) is 20.2. The molecule has 0 unspecified atom stereocenters. The molecular weight excluding hydrogens is 521 g/mol. The minimum absolute atomic E-state index is 0. The van der Waals surface area contributed by atoms with Crippen LogP contribution in [0.15, 0.2) is 57.0 Å². The van der Waals surface area contributed by atoms with Gasteiger partial charge in [-0.1, -0.05) is 24.3 Å². The zero-order valence-corrected chi connectivity index (χ0v) is 20.8. The number of rotatable bonds is 11. The van der Waals surface area contributed by atoms with Crippen LogP contribution in [0.3, 0.4) is 0 Å². The highest BCUT2D eigenvalue weighted by Gasteiger charge is 2.13. The Balaban J connectivity index is 0.00000420. The van der Waals surface area contributed by atoms with Crippen LogP contribution in [0.4, 0.5) is 5.69 Å². The number of sulfonamides is 1. The maximum absolute atomic E-state index is 12.0. The summed E-state index contributed by atoms with van der Waals surface area (Å²) >= 11 is 1.20. The highest BCUT2D eigenvalue weighted by atomic mass is 127. The summed E-state index contributed by atoms with van der Waals surface area (Å²) in [6.07, 6.45) is 0.967. The SMILES string of the molecule is CCN(CCCNC(=NC)NCCNS(=O)(=O)c1cccs1)c1ccccc1.I. The first kappa shape index (κ1) is 25.7. The highest BCUT2D eigenvalue weighted by Crippen LogP contribution is 2.14. The predicted molar refractivity (Wildman–Crippen MR) is 133 cm³/mol. The third kappa shape index (κ3) is 8.89. The van der Waals surface area contributed by atoms with Crippen LogP contribution in [0.1, 0.15) is 13.3 Å². The van der Waals surface area contributed by atoms with Gasteiger partial charge in [-0.3, -0.25) is 4.99 Å². The van der Waals surface area contributed by atoms with Crippen LogP contribution < -0.4 is 20.3 Å². The van der Waals surface area contributed by atoms with E-state index in [0.29, 0.717) is 23.3 Å². The first-order valence-corrected chi connectivity index (χ1v) is 11.7. The smallest absolute Gasteiger partial charge is 0.250 e. The lowest BCUT2D eigenvalue weighted by Gasteiger charge is -2.23. The number of aliphatic imine (C=N–C) groups is 1. The molecule has 2 aromatic rings. The van der Waals surface area contributed by atoms with Crippen molar-refractivity contribution in [3.63, 3.8) is 0 Å². The molecule has 0 aliphatic carbocycles. The number of hydrogen-bond acceptors (Lipinski definition) is 5. The van der Waals surface area contributed by atoms with Gasteiger partial charge in [0.1, 0.15) is 4.21 Å². The van der Waals surface area contributed by atoms with E-state index in [1.807, 2.05) is 6.07 Å². The van der Waals surface area contributed by atoms with Gasteiger partial charge in [-0.15, -0.1) is 35.3 Å². The Morgan fingerprint density at radius 2 is 1.79 bits per heavy atom. The number of thiophene rings is 1. The molecule has 29 heavy (non-hydrogen) atoms. The molecule has 0 radical (unpaired) electrons. The van der Waals surface area contributed by atoms with Crippen molar-refractivity contribution in [1.29, 1.82) is 0 Å². The molecule has 3 N–H and O–H groups in total. The summed E-state index contributed by atoms with van der Waals surface area (Å²) in [6, 6.07) is 13.7. The Kier molecular flexibility index (Phi) is 12.2. The van der Waals surface area contributed by atoms with Crippen molar-refractivity contribution in [2.75, 3.05) is 44.7 Å². The van der Waals surface area contributed by atoms with Gasteiger partial charge in [-0.05, 0) is 36.9 Å². The third-order valence-electron chi connectivity index (χ3n) is 4.09. The average Bonchev–Trinajstić information content (AvgIpc) is 3.26. The Hall–Kier alpha value is -1.37. The molecule has 0 amide bonds. The van der Waals surface area contributed by atoms with E-state index in [1.54, 1.807) is 24.6 Å². The lowest BCUT2D eigenvalue weighted by Crippen LogP contribution is -2.42. The van der Waals surface area contributed by atoms with Gasteiger partial charge in [0.05, 0.1) is 0 Å². The number of halogens is 1. The summed E-state index contributed by atoms with van der Waals surface area (Å²) in [5.74, 6) is 0.665. The Morgan fingerprint density at radius 1 is 1.07 bits per heavy atom. The number of nitrogens with one attached hydrogen (secondary N) is 3. The molecule has 0 saturated carbocycles. The van der Waals surface area contributed by atoms with E-state index in [9.17, 15) is 8.42 Å². The minimum Gasteiger partial charge on any atom is -0.372 e. The molecule has 1 aromatic carbocycles. The van der Waals surface area contributed by atoms with Gasteiger partial charge in [0, 0.05) is 45.5 Å². The van der Waals surface area contributed by atoms with Crippen molar-refractivity contribution < 1.29 is 8.42 Å². The molecule has 0 bridgehead atoms. The molecule has 7 nitrogen and oxygen atoms in total. The second-order valence-corrected chi connectivity index (χ2v) is 8.97. The van der Waals surface area contributed by atoms with E-state index in [2.05, 4.69) is 56.4 Å². The van der Waals surface area contributed by atoms with Gasteiger partial charge in [-0.2, -0.15) is 0 Å². The standard InChI is InChI=1S/C19H29N5O2S2.HI/c1-3-24(17-9-5-4-6-10-17)15-8-12-21-19(20-2)22-13-14-23-28(25,26)18-11-7-16-27-18;/h4-7,9-11,16,23H,3,8,12-15H2,1-2H3,(H2,20,21,22);1H. The molecule has 0 atom stereocenters. The lowest BCUT2D eigenvalue weighted by molar-refractivity contribution is 0.582. The van der Waals surface area contributed by atoms with Crippen molar-refractivity contribution in [2.24, 2.45) is 4.99 Å². The number of benzene rings is 1. The highest BCUT2D eigenvalue weighted by molar-refractivity contribution is 14.0. The summed E-state index contributed by atoms with van der Waals surface area (Å²) in [7, 11) is -1.72. The molecule has 0 fully saturated rings. The van der Waals surface area contributed by atoms with Gasteiger partial charge in [-0.25, -0.2) is 13.1 Å². The van der Waals surface area contributed by atoms with Crippen molar-refractivity contribution >= 4 is 57.0 Å². The molecule has 1 aromatic heterocycles. The third-order valence-corrected chi connectivity index (χ3v) is 6.95. The van der Waals surface area contributed by atoms with Gasteiger partial charge in [0.25, 0.3) is 0 Å². The number of anilines is 1. The quantitative estimate of drug-likeness (QED) is 0.173. The summed E-state index contributed by atoms with van der Waals surface area (Å²) in [6.45, 7) is 5.59. The largest absolute Gasteiger partial charge is 0.372 e. The number of nitrogens with zero attached hydrogens (tertiary/aromatic N) is 2. The fraction of sp³-hybridized carbons (Fsp3) is 0.421. The van der Waals surface area contributed by atoms with Crippen molar-refractivity contribution in [1.82, 2.24) is 15.4 Å². The van der Waals surface area contributed by atoms with Gasteiger partial charge < -0.3 is 15.5 Å². The molecule has 0 saturated heterocycles. The van der Waals surface area contributed by atoms with Crippen molar-refractivity contribution in [3.05, 3.63) is 47.8 Å². The van der Waals surface area contributed by atoms with Crippen LogP contribution in [0.25, 0.3) is 0 Å². The van der Waals surface area contributed by atoms with E-state index in [0.717, 1.165) is 26.1 Å². The van der Waals surface area contributed by atoms with Crippen molar-refractivity contribution in [2.45, 2.75) is 17.6 Å². The molecular formula is C19H30IN5O2S2.